The van der Waals surface area contributed by atoms with Crippen LogP contribution in [0.3, 0.4) is 0 Å². The molecule has 19 heavy (non-hydrogen) atoms. The van der Waals surface area contributed by atoms with E-state index in [-0.39, 0.29) is 5.78 Å². The number of halogens is 2. The van der Waals surface area contributed by atoms with Crippen LogP contribution in [0, 0.1) is 13.8 Å². The summed E-state index contributed by atoms with van der Waals surface area (Å²) in [6.07, 6.45) is 0.375. The van der Waals surface area contributed by atoms with Gasteiger partial charge in [0, 0.05) is 12.0 Å². The Morgan fingerprint density at radius 2 is 1.58 bits per heavy atom. The Morgan fingerprint density at radius 3 is 2.16 bits per heavy atom. The van der Waals surface area contributed by atoms with Crippen molar-refractivity contribution in [3.05, 3.63) is 68.7 Å². The molecule has 0 aliphatic heterocycles. The van der Waals surface area contributed by atoms with Gasteiger partial charge in [-0.3, -0.25) is 4.79 Å². The number of carbonyl (C=O) groups excluding carboxylic acids is 1. The number of Topliss-reactive ketones (excluding diaryl/α,β-unsaturated/α-hetero) is 1. The minimum absolute atomic E-state index is 0.0450. The zero-order valence-corrected chi connectivity index (χ0v) is 12.3. The number of hydrogen-bond donors (Lipinski definition) is 0. The van der Waals surface area contributed by atoms with Gasteiger partial charge < -0.3 is 0 Å². The minimum atomic E-state index is 0.0450. The topological polar surface area (TPSA) is 17.1 Å². The van der Waals surface area contributed by atoms with Crippen molar-refractivity contribution in [1.29, 1.82) is 0 Å². The molecule has 0 amide bonds. The van der Waals surface area contributed by atoms with Crippen LogP contribution in [0.25, 0.3) is 0 Å². The first-order chi connectivity index (χ1) is 8.95. The molecule has 0 aromatic heterocycles. The molecule has 0 unspecified atom stereocenters. The molecule has 0 radical (unpaired) electrons. The van der Waals surface area contributed by atoms with Gasteiger partial charge in [-0.05, 0) is 37.6 Å². The highest BCUT2D eigenvalue weighted by molar-refractivity contribution is 6.42. The number of rotatable bonds is 3. The standard InChI is InChI=1S/C16H14Cl2O/c1-10-5-11(2)7-12(6-10)8-16(19)13-3-4-14(17)15(18)9-13/h3-7,9H,8H2,1-2H3. The van der Waals surface area contributed by atoms with Crippen molar-refractivity contribution < 1.29 is 4.79 Å². The summed E-state index contributed by atoms with van der Waals surface area (Å²) >= 11 is 11.8. The molecule has 2 aromatic carbocycles. The second-order valence-electron chi connectivity index (χ2n) is 4.72. The molecule has 0 N–H and O–H groups in total. The molecule has 0 fully saturated rings. The fraction of sp³-hybridized carbons (Fsp3) is 0.188. The van der Waals surface area contributed by atoms with Gasteiger partial charge in [-0.2, -0.15) is 0 Å². The molecule has 0 saturated carbocycles. The highest BCUT2D eigenvalue weighted by Gasteiger charge is 2.09. The largest absolute Gasteiger partial charge is 0.294 e. The maximum atomic E-state index is 12.2. The molecule has 0 saturated heterocycles. The van der Waals surface area contributed by atoms with E-state index in [4.69, 9.17) is 23.2 Å². The summed E-state index contributed by atoms with van der Waals surface area (Å²) in [6, 6.07) is 11.1. The number of carbonyl (C=O) groups is 1. The highest BCUT2D eigenvalue weighted by atomic mass is 35.5. The number of hydrogen-bond acceptors (Lipinski definition) is 1. The third kappa shape index (κ3) is 3.59. The fourth-order valence-electron chi connectivity index (χ4n) is 2.13. The van der Waals surface area contributed by atoms with Crippen LogP contribution in [0.2, 0.25) is 10.0 Å². The number of ketones is 1. The molecular formula is C16H14Cl2O. The van der Waals surface area contributed by atoms with E-state index in [9.17, 15) is 4.79 Å². The summed E-state index contributed by atoms with van der Waals surface area (Å²) < 4.78 is 0. The molecule has 0 atom stereocenters. The van der Waals surface area contributed by atoms with Crippen molar-refractivity contribution in [3.63, 3.8) is 0 Å². The van der Waals surface area contributed by atoms with Crippen LogP contribution in [-0.4, -0.2) is 5.78 Å². The van der Waals surface area contributed by atoms with Crippen LogP contribution in [0.1, 0.15) is 27.0 Å². The molecule has 0 heterocycles. The molecule has 0 aliphatic carbocycles. The van der Waals surface area contributed by atoms with Crippen molar-refractivity contribution >= 4 is 29.0 Å². The fourth-order valence-corrected chi connectivity index (χ4v) is 2.43. The summed E-state index contributed by atoms with van der Waals surface area (Å²) in [5.41, 5.74) is 3.94. The van der Waals surface area contributed by atoms with Crippen LogP contribution >= 0.6 is 23.2 Å². The second-order valence-corrected chi connectivity index (χ2v) is 5.54. The number of aryl methyl sites for hydroxylation is 2. The molecule has 1 nitrogen and oxygen atoms in total. The maximum Gasteiger partial charge on any atom is 0.167 e. The first kappa shape index (κ1) is 14.1. The van der Waals surface area contributed by atoms with Crippen LogP contribution in [0.4, 0.5) is 0 Å². The molecule has 0 spiro atoms. The van der Waals surface area contributed by atoms with Crippen LogP contribution in [0.5, 0.6) is 0 Å². The molecule has 98 valence electrons. The van der Waals surface area contributed by atoms with Gasteiger partial charge >= 0.3 is 0 Å². The Kier molecular flexibility index (Phi) is 4.28. The van der Waals surface area contributed by atoms with E-state index >= 15 is 0 Å². The lowest BCUT2D eigenvalue weighted by Crippen LogP contribution is -2.04. The maximum absolute atomic E-state index is 12.2. The Balaban J connectivity index is 2.22. The molecule has 2 rings (SSSR count). The van der Waals surface area contributed by atoms with Gasteiger partial charge in [-0.25, -0.2) is 0 Å². The predicted molar refractivity (Wildman–Crippen MR) is 80.4 cm³/mol. The zero-order valence-electron chi connectivity index (χ0n) is 10.8. The summed E-state index contributed by atoms with van der Waals surface area (Å²) in [7, 11) is 0. The van der Waals surface area contributed by atoms with E-state index in [1.54, 1.807) is 18.2 Å². The molecule has 2 aromatic rings. The molecule has 0 bridgehead atoms. The lowest BCUT2D eigenvalue weighted by Gasteiger charge is -2.05. The highest BCUT2D eigenvalue weighted by Crippen LogP contribution is 2.23. The molecular weight excluding hydrogens is 279 g/mol. The predicted octanol–water partition coefficient (Wildman–Crippen LogP) is 5.04. The van der Waals surface area contributed by atoms with Gasteiger partial charge in [0.1, 0.15) is 0 Å². The summed E-state index contributed by atoms with van der Waals surface area (Å²) in [5, 5.41) is 0.873. The van der Waals surface area contributed by atoms with Gasteiger partial charge in [-0.1, -0.05) is 52.5 Å². The Hall–Kier alpha value is -1.31. The van der Waals surface area contributed by atoms with Crippen LogP contribution in [0.15, 0.2) is 36.4 Å². The lowest BCUT2D eigenvalue weighted by molar-refractivity contribution is 0.0993. The first-order valence-electron chi connectivity index (χ1n) is 6.01. The Labute approximate surface area is 123 Å². The Bertz CT molecular complexity index is 612. The van der Waals surface area contributed by atoms with Crippen molar-refractivity contribution in [2.75, 3.05) is 0 Å². The van der Waals surface area contributed by atoms with Gasteiger partial charge in [0.05, 0.1) is 10.0 Å². The van der Waals surface area contributed by atoms with E-state index in [1.165, 1.54) is 0 Å². The van der Waals surface area contributed by atoms with E-state index < -0.39 is 0 Å². The summed E-state index contributed by atoms with van der Waals surface area (Å²) in [4.78, 5) is 12.2. The van der Waals surface area contributed by atoms with Crippen molar-refractivity contribution in [2.24, 2.45) is 0 Å². The molecule has 0 aliphatic rings. The Morgan fingerprint density at radius 1 is 0.947 bits per heavy atom. The third-order valence-corrected chi connectivity index (χ3v) is 3.63. The van der Waals surface area contributed by atoms with Crippen molar-refractivity contribution in [3.8, 4) is 0 Å². The van der Waals surface area contributed by atoms with Gasteiger partial charge in [0.15, 0.2) is 5.78 Å². The van der Waals surface area contributed by atoms with Gasteiger partial charge in [0.2, 0.25) is 0 Å². The quantitative estimate of drug-likeness (QED) is 0.725. The lowest BCUT2D eigenvalue weighted by atomic mass is 10.00. The zero-order chi connectivity index (χ0) is 14.0. The van der Waals surface area contributed by atoms with Crippen LogP contribution in [-0.2, 0) is 6.42 Å². The summed E-state index contributed by atoms with van der Waals surface area (Å²) in [5.74, 6) is 0.0450. The normalized spacial score (nSPS) is 10.5. The SMILES string of the molecule is Cc1cc(C)cc(CC(=O)c2ccc(Cl)c(Cl)c2)c1. The average Bonchev–Trinajstić information content (AvgIpc) is 2.31. The summed E-state index contributed by atoms with van der Waals surface area (Å²) in [6.45, 7) is 4.06. The molecule has 3 heteroatoms. The van der Waals surface area contributed by atoms with Gasteiger partial charge in [-0.15, -0.1) is 0 Å². The van der Waals surface area contributed by atoms with E-state index in [0.29, 0.717) is 22.0 Å². The van der Waals surface area contributed by atoms with E-state index in [2.05, 4.69) is 6.07 Å². The minimum Gasteiger partial charge on any atom is -0.294 e. The average molecular weight is 293 g/mol. The first-order valence-corrected chi connectivity index (χ1v) is 6.77. The third-order valence-electron chi connectivity index (χ3n) is 2.89. The smallest absolute Gasteiger partial charge is 0.167 e. The second kappa shape index (κ2) is 5.77. The monoisotopic (exact) mass is 292 g/mol. The van der Waals surface area contributed by atoms with Crippen LogP contribution < -0.4 is 0 Å². The van der Waals surface area contributed by atoms with Crippen molar-refractivity contribution in [1.82, 2.24) is 0 Å². The van der Waals surface area contributed by atoms with Crippen molar-refractivity contribution in [2.45, 2.75) is 20.3 Å². The van der Waals surface area contributed by atoms with E-state index in [1.807, 2.05) is 26.0 Å². The van der Waals surface area contributed by atoms with Gasteiger partial charge in [0.25, 0.3) is 0 Å². The number of benzene rings is 2. The van der Waals surface area contributed by atoms with E-state index in [0.717, 1.165) is 16.7 Å².